The van der Waals surface area contributed by atoms with Crippen molar-refractivity contribution in [3.8, 4) is 41.8 Å². The Balaban J connectivity index is 0.000000124. The number of nitrogens with zero attached hydrogens (tertiary/aromatic N) is 9. The number of nitrogens with one attached hydrogen (secondary N) is 3. The number of ether oxygens (including phenoxy) is 2. The summed E-state index contributed by atoms with van der Waals surface area (Å²) in [7, 11) is 5.12. The van der Waals surface area contributed by atoms with Crippen LogP contribution in [0.4, 0.5) is 0 Å². The van der Waals surface area contributed by atoms with Gasteiger partial charge in [0, 0.05) is 88.6 Å². The number of benzene rings is 4. The largest absolute Gasteiger partial charge is 0.381 e. The monoisotopic (exact) mass is 1480 g/mol. The maximum absolute atomic E-state index is 12.7. The Bertz CT molecular complexity index is 4910. The number of carbonyl (C=O) groups is 4. The molecule has 4 amide bonds. The van der Waals surface area contributed by atoms with Crippen molar-refractivity contribution in [3.05, 3.63) is 189 Å². The molecule has 4 aromatic carbocycles. The van der Waals surface area contributed by atoms with Crippen LogP contribution < -0.4 is 27.4 Å². The van der Waals surface area contributed by atoms with E-state index >= 15 is 0 Å². The lowest BCUT2D eigenvalue weighted by atomic mass is 9.95. The summed E-state index contributed by atoms with van der Waals surface area (Å²) in [5.74, 6) is 0.709. The minimum atomic E-state index is -0.524. The van der Waals surface area contributed by atoms with Gasteiger partial charge in [-0.1, -0.05) is 119 Å². The SMILES string of the molecule is CNC(=O)c1nnc(CC2CCCOC2)c2cc(-c3ccc(C)cc3)sc12.Cc1ccc(-c2cc3c(CC4CCCOC4)nnc(C(=O)N(C)C)c3s2)cc1.Cc1ccc(-c2cc3c(CC4CCNC4)nnc(C(N)=O)c3s2)cc1.Cc1ccc(-c2cc3c(CC4CCNC4)nnc(C(N)=O)c3s2)cc1. The standard InChI is InChI=1S/C22H25N3O2S.C21H23N3O2S.2C19H20N4OS/c1-14-6-8-16(9-7-14)19-12-17-18(11-15-5-4-10-27-13-15)23-24-20(21(17)28-19)22(26)25(2)3;1-13-5-7-15(8-6-13)18-11-16-17(10-14-4-3-9-26-12-14)23-24-19(20(16)27-18)21(25)22-2;2*1-11-2-4-13(5-3-11)16-9-14-15(8-12-6-7-21-10-12)22-23-17(19(20)24)18(14)25-16/h6-9,12,15H,4-5,10-11,13H2,1-3H3;5-8,11,14H,3-4,9-10,12H2,1-2H3,(H,22,25);2*2-5,9,12,21H,6-8,10H2,1H3,(H2,20,24). The van der Waals surface area contributed by atoms with E-state index in [2.05, 4.69) is 206 Å². The van der Waals surface area contributed by atoms with Crippen LogP contribution in [0.3, 0.4) is 0 Å². The molecule has 24 heteroatoms. The Morgan fingerprint density at radius 1 is 0.438 bits per heavy atom. The Morgan fingerprint density at radius 2 is 0.743 bits per heavy atom. The fraction of sp³-hybridized carbons (Fsp3) is 0.358. The Morgan fingerprint density at radius 3 is 1.03 bits per heavy atom. The summed E-state index contributed by atoms with van der Waals surface area (Å²) in [4.78, 5) is 54.6. The lowest BCUT2D eigenvalue weighted by molar-refractivity contribution is 0.0547. The van der Waals surface area contributed by atoms with E-state index in [-0.39, 0.29) is 23.2 Å². The Kier molecular flexibility index (Phi) is 23.9. The number of rotatable bonds is 16. The molecule has 16 rings (SSSR count). The van der Waals surface area contributed by atoms with Crippen LogP contribution in [0.5, 0.6) is 0 Å². The van der Waals surface area contributed by atoms with E-state index in [1.807, 2.05) is 0 Å². The molecule has 4 aliphatic rings. The average molecular weight is 1480 g/mol. The summed E-state index contributed by atoms with van der Waals surface area (Å²) in [6, 6.07) is 42.3. The predicted octanol–water partition coefficient (Wildman–Crippen LogP) is 14.2. The molecule has 0 bridgehead atoms. The van der Waals surface area contributed by atoms with Crippen LogP contribution in [0.15, 0.2) is 121 Å². The van der Waals surface area contributed by atoms with Gasteiger partial charge < -0.3 is 41.8 Å². The first kappa shape index (κ1) is 74.0. The van der Waals surface area contributed by atoms with Crippen LogP contribution in [0, 0.1) is 51.4 Å². The van der Waals surface area contributed by atoms with Crippen LogP contribution >= 0.6 is 45.3 Å². The van der Waals surface area contributed by atoms with Crippen LogP contribution in [0.2, 0.25) is 0 Å². The van der Waals surface area contributed by atoms with Crippen LogP contribution in [-0.2, 0) is 35.2 Å². The lowest BCUT2D eigenvalue weighted by Gasteiger charge is -2.21. The van der Waals surface area contributed by atoms with Crippen LogP contribution in [0.25, 0.3) is 82.1 Å². The molecule has 7 N–H and O–H groups in total. The molecule has 4 atom stereocenters. The maximum atomic E-state index is 12.7. The molecule has 0 aliphatic carbocycles. The average Bonchev–Trinajstić information content (AvgIpc) is 1.67. The highest BCUT2D eigenvalue weighted by molar-refractivity contribution is 7.23. The zero-order valence-corrected chi connectivity index (χ0v) is 63.6. The maximum Gasteiger partial charge on any atom is 0.275 e. The number of hydrogen-bond acceptors (Lipinski definition) is 20. The van der Waals surface area contributed by atoms with Crippen molar-refractivity contribution in [2.45, 2.75) is 91.9 Å². The number of fused-ring (bicyclic) bond motifs is 4. The quantitative estimate of drug-likeness (QED) is 0.0601. The summed E-state index contributed by atoms with van der Waals surface area (Å²) >= 11 is 6.36. The van der Waals surface area contributed by atoms with Gasteiger partial charge in [-0.05, 0) is 188 Å². The normalized spacial score (nSPS) is 17.2. The predicted molar refractivity (Wildman–Crippen MR) is 423 cm³/mol. The number of nitrogens with two attached hydrogens (primary N) is 2. The van der Waals surface area contributed by atoms with E-state index < -0.39 is 11.8 Å². The zero-order valence-electron chi connectivity index (χ0n) is 60.3. The first-order chi connectivity index (χ1) is 50.9. The minimum absolute atomic E-state index is 0.109. The van der Waals surface area contributed by atoms with E-state index in [9.17, 15) is 19.2 Å². The second-order valence-corrected chi connectivity index (χ2v) is 32.3. The molecular weight excluding hydrogens is 1390 g/mol. The summed E-state index contributed by atoms with van der Waals surface area (Å²) in [6.07, 6.45) is 10.2. The van der Waals surface area contributed by atoms with Gasteiger partial charge in [0.2, 0.25) is 0 Å². The van der Waals surface area contributed by atoms with Crippen molar-refractivity contribution in [2.75, 3.05) is 73.7 Å². The molecule has 4 saturated heterocycles. The van der Waals surface area contributed by atoms with Crippen molar-refractivity contribution in [1.82, 2.24) is 61.6 Å². The summed E-state index contributed by atoms with van der Waals surface area (Å²) in [6.45, 7) is 15.7. The molecule has 12 aromatic rings. The Hall–Kier alpha value is -9.24. The van der Waals surface area contributed by atoms with Crippen LogP contribution in [0.1, 0.15) is 126 Å². The van der Waals surface area contributed by atoms with E-state index in [4.69, 9.17) is 20.9 Å². The molecule has 12 heterocycles. The number of hydrogen-bond donors (Lipinski definition) is 5. The Labute approximate surface area is 627 Å². The third-order valence-electron chi connectivity index (χ3n) is 19.7. The fourth-order valence-corrected chi connectivity index (χ4v) is 18.4. The molecule has 0 saturated carbocycles. The highest BCUT2D eigenvalue weighted by atomic mass is 32.1. The van der Waals surface area contributed by atoms with E-state index in [1.54, 1.807) is 71.4 Å². The smallest absolute Gasteiger partial charge is 0.275 e. The molecule has 8 aromatic heterocycles. The third-order valence-corrected chi connectivity index (χ3v) is 24.5. The van der Waals surface area contributed by atoms with Gasteiger partial charge in [-0.15, -0.1) is 65.7 Å². The molecule has 4 aliphatic heterocycles. The van der Waals surface area contributed by atoms with Crippen molar-refractivity contribution in [1.29, 1.82) is 0 Å². The van der Waals surface area contributed by atoms with Gasteiger partial charge in [-0.3, -0.25) is 19.2 Å². The second kappa shape index (κ2) is 33.9. The van der Waals surface area contributed by atoms with Gasteiger partial charge in [0.05, 0.1) is 41.6 Å². The molecule has 4 unspecified atom stereocenters. The van der Waals surface area contributed by atoms with Gasteiger partial charge in [-0.25, -0.2) is 0 Å². The lowest BCUT2D eigenvalue weighted by Crippen LogP contribution is -2.24. The zero-order chi connectivity index (χ0) is 73.3. The number of aromatic nitrogens is 8. The van der Waals surface area contributed by atoms with Crippen molar-refractivity contribution in [3.63, 3.8) is 0 Å². The number of aryl methyl sites for hydroxylation is 4. The fourth-order valence-electron chi connectivity index (χ4n) is 13.8. The first-order valence-electron chi connectivity index (χ1n) is 36.0. The number of carbonyl (C=O) groups excluding carboxylic acids is 4. The van der Waals surface area contributed by atoms with Gasteiger partial charge in [-0.2, -0.15) is 20.4 Å². The number of primary amides is 2. The second-order valence-electron chi connectivity index (χ2n) is 28.1. The molecule has 542 valence electrons. The molecule has 0 spiro atoms. The van der Waals surface area contributed by atoms with Crippen molar-refractivity contribution >= 4 is 109 Å². The van der Waals surface area contributed by atoms with E-state index in [1.165, 1.54) is 22.3 Å². The van der Waals surface area contributed by atoms with Gasteiger partial charge in [0.25, 0.3) is 23.6 Å². The van der Waals surface area contributed by atoms with Gasteiger partial charge in [0.15, 0.2) is 22.8 Å². The third kappa shape index (κ3) is 17.7. The minimum Gasteiger partial charge on any atom is -0.381 e. The highest BCUT2D eigenvalue weighted by Gasteiger charge is 2.28. The summed E-state index contributed by atoms with van der Waals surface area (Å²) < 4.78 is 14.8. The number of amides is 4. The van der Waals surface area contributed by atoms with Crippen molar-refractivity contribution < 1.29 is 28.7 Å². The molecule has 105 heavy (non-hydrogen) atoms. The highest BCUT2D eigenvalue weighted by Crippen LogP contribution is 2.42. The summed E-state index contributed by atoms with van der Waals surface area (Å²) in [5, 5.41) is 48.0. The number of thiophene rings is 4. The van der Waals surface area contributed by atoms with Crippen LogP contribution in [-0.4, -0.2) is 143 Å². The topological polar surface area (TPSA) is 281 Å². The summed E-state index contributed by atoms with van der Waals surface area (Å²) in [5.41, 5.74) is 25.7. The van der Waals surface area contributed by atoms with E-state index in [0.717, 1.165) is 222 Å². The van der Waals surface area contributed by atoms with Crippen molar-refractivity contribution in [2.24, 2.45) is 35.1 Å². The molecule has 4 fully saturated rings. The molecular formula is C81H88N14O6S4. The van der Waals surface area contributed by atoms with Gasteiger partial charge in [0.1, 0.15) is 0 Å². The molecule has 20 nitrogen and oxygen atoms in total. The van der Waals surface area contributed by atoms with Gasteiger partial charge >= 0.3 is 0 Å². The molecule has 0 radical (unpaired) electrons. The first-order valence-corrected chi connectivity index (χ1v) is 39.2. The van der Waals surface area contributed by atoms with E-state index in [0.29, 0.717) is 35.1 Å².